The fraction of sp³-hybridized carbons (Fsp3) is 0.300. The van der Waals surface area contributed by atoms with Gasteiger partial charge in [0.25, 0.3) is 5.91 Å². The highest BCUT2D eigenvalue weighted by molar-refractivity contribution is 5.94. The number of fused-ring (bicyclic) bond motifs is 1. The molecule has 0 saturated carbocycles. The Bertz CT molecular complexity index is 881. The highest BCUT2D eigenvalue weighted by Gasteiger charge is 2.19. The average molecular weight is 387 g/mol. The van der Waals surface area contributed by atoms with E-state index in [9.17, 15) is 9.59 Å². The molecule has 0 saturated heterocycles. The minimum atomic E-state index is -0.662. The van der Waals surface area contributed by atoms with E-state index in [1.165, 1.54) is 20.3 Å². The van der Waals surface area contributed by atoms with Gasteiger partial charge in [0.2, 0.25) is 6.79 Å². The molecule has 1 heterocycles. The maximum absolute atomic E-state index is 12.3. The largest absolute Gasteiger partial charge is 0.497 e. The Kier molecular flexibility index (Phi) is 5.88. The van der Waals surface area contributed by atoms with Crippen molar-refractivity contribution < 1.29 is 33.3 Å². The third-order valence-corrected chi connectivity index (χ3v) is 4.24. The van der Waals surface area contributed by atoms with Gasteiger partial charge in [-0.2, -0.15) is 0 Å². The van der Waals surface area contributed by atoms with E-state index in [4.69, 9.17) is 23.7 Å². The SMILES string of the molecule is COc1ccc(C(=O)OCC(=O)N[C@H](C)c2ccc3c(c2)OCO3)c(OC)c1. The highest BCUT2D eigenvalue weighted by Crippen LogP contribution is 2.34. The van der Waals surface area contributed by atoms with E-state index >= 15 is 0 Å². The lowest BCUT2D eigenvalue weighted by molar-refractivity contribution is -0.124. The lowest BCUT2D eigenvalue weighted by Crippen LogP contribution is -2.31. The molecule has 1 atom stereocenters. The van der Waals surface area contributed by atoms with Crippen molar-refractivity contribution in [3.63, 3.8) is 0 Å². The number of nitrogens with one attached hydrogen (secondary N) is 1. The molecule has 28 heavy (non-hydrogen) atoms. The summed E-state index contributed by atoms with van der Waals surface area (Å²) in [6.07, 6.45) is 0. The smallest absolute Gasteiger partial charge is 0.342 e. The number of hydrogen-bond acceptors (Lipinski definition) is 7. The van der Waals surface area contributed by atoms with Gasteiger partial charge in [0.1, 0.15) is 17.1 Å². The maximum atomic E-state index is 12.3. The monoisotopic (exact) mass is 387 g/mol. The van der Waals surface area contributed by atoms with Crippen LogP contribution in [0.3, 0.4) is 0 Å². The van der Waals surface area contributed by atoms with Crippen molar-refractivity contribution in [3.05, 3.63) is 47.5 Å². The van der Waals surface area contributed by atoms with Crippen LogP contribution in [0.15, 0.2) is 36.4 Å². The Morgan fingerprint density at radius 1 is 1.07 bits per heavy atom. The van der Waals surface area contributed by atoms with Crippen LogP contribution in [0.4, 0.5) is 0 Å². The van der Waals surface area contributed by atoms with Crippen molar-refractivity contribution in [3.8, 4) is 23.0 Å². The van der Waals surface area contributed by atoms with E-state index in [0.29, 0.717) is 23.0 Å². The molecule has 0 fully saturated rings. The minimum absolute atomic E-state index is 0.185. The van der Waals surface area contributed by atoms with Gasteiger partial charge in [-0.1, -0.05) is 6.07 Å². The van der Waals surface area contributed by atoms with Crippen LogP contribution >= 0.6 is 0 Å². The second-order valence-electron chi connectivity index (χ2n) is 6.04. The van der Waals surface area contributed by atoms with Crippen molar-refractivity contribution in [2.45, 2.75) is 13.0 Å². The normalized spacial score (nSPS) is 12.8. The van der Waals surface area contributed by atoms with E-state index in [-0.39, 0.29) is 18.4 Å². The minimum Gasteiger partial charge on any atom is -0.497 e. The summed E-state index contributed by atoms with van der Waals surface area (Å²) in [5.74, 6) is 1.07. The second kappa shape index (κ2) is 8.51. The summed E-state index contributed by atoms with van der Waals surface area (Å²) < 4.78 is 26.0. The van der Waals surface area contributed by atoms with Crippen molar-refractivity contribution in [1.29, 1.82) is 0 Å². The van der Waals surface area contributed by atoms with Gasteiger partial charge in [-0.05, 0) is 36.8 Å². The Balaban J connectivity index is 1.56. The molecule has 0 spiro atoms. The Hall–Kier alpha value is -3.42. The van der Waals surface area contributed by atoms with E-state index in [0.717, 1.165) is 5.56 Å². The predicted molar refractivity (Wildman–Crippen MR) is 99.0 cm³/mol. The summed E-state index contributed by atoms with van der Waals surface area (Å²) in [6.45, 7) is 1.59. The standard InChI is InChI=1S/C20H21NO7/c1-12(13-4-7-16-18(8-13)28-11-27-16)21-19(22)10-26-20(23)15-6-5-14(24-2)9-17(15)25-3/h4-9,12H,10-11H2,1-3H3,(H,21,22)/t12-/m1/s1. The third kappa shape index (κ3) is 4.28. The molecule has 148 valence electrons. The molecule has 1 aliphatic heterocycles. The molecular formula is C20H21NO7. The first-order valence-electron chi connectivity index (χ1n) is 8.60. The van der Waals surface area contributed by atoms with Gasteiger partial charge in [-0.15, -0.1) is 0 Å². The molecule has 1 aliphatic rings. The fourth-order valence-corrected chi connectivity index (χ4v) is 2.72. The molecule has 1 amide bonds. The fourth-order valence-electron chi connectivity index (χ4n) is 2.72. The highest BCUT2D eigenvalue weighted by atomic mass is 16.7. The van der Waals surface area contributed by atoms with E-state index < -0.39 is 18.5 Å². The molecule has 0 radical (unpaired) electrons. The van der Waals surface area contributed by atoms with Crippen molar-refractivity contribution >= 4 is 11.9 Å². The number of carbonyl (C=O) groups is 2. The number of methoxy groups -OCH3 is 2. The zero-order chi connectivity index (χ0) is 20.1. The van der Waals surface area contributed by atoms with Gasteiger partial charge in [0.15, 0.2) is 18.1 Å². The van der Waals surface area contributed by atoms with Gasteiger partial charge in [0.05, 0.1) is 20.3 Å². The van der Waals surface area contributed by atoms with E-state index in [2.05, 4.69) is 5.32 Å². The number of esters is 1. The van der Waals surface area contributed by atoms with Crippen LogP contribution in [0.2, 0.25) is 0 Å². The van der Waals surface area contributed by atoms with Gasteiger partial charge in [-0.3, -0.25) is 4.79 Å². The number of carbonyl (C=O) groups excluding carboxylic acids is 2. The first-order chi connectivity index (χ1) is 13.5. The van der Waals surface area contributed by atoms with Crippen LogP contribution in [0, 0.1) is 0 Å². The van der Waals surface area contributed by atoms with Crippen LogP contribution in [0.1, 0.15) is 28.9 Å². The Morgan fingerprint density at radius 3 is 2.61 bits per heavy atom. The molecular weight excluding hydrogens is 366 g/mol. The molecule has 1 N–H and O–H groups in total. The van der Waals surface area contributed by atoms with E-state index in [1.807, 2.05) is 19.1 Å². The van der Waals surface area contributed by atoms with Crippen LogP contribution < -0.4 is 24.3 Å². The van der Waals surface area contributed by atoms with Gasteiger partial charge < -0.3 is 29.0 Å². The Labute approximate surface area is 162 Å². The van der Waals surface area contributed by atoms with Crippen molar-refractivity contribution in [1.82, 2.24) is 5.32 Å². The molecule has 0 unspecified atom stereocenters. The van der Waals surface area contributed by atoms with Gasteiger partial charge >= 0.3 is 5.97 Å². The topological polar surface area (TPSA) is 92.3 Å². The first-order valence-corrected chi connectivity index (χ1v) is 8.60. The number of amides is 1. The molecule has 0 bridgehead atoms. The quantitative estimate of drug-likeness (QED) is 0.730. The summed E-state index contributed by atoms with van der Waals surface area (Å²) in [6, 6.07) is 9.84. The molecule has 8 heteroatoms. The molecule has 2 aromatic carbocycles. The summed E-state index contributed by atoms with van der Waals surface area (Å²) >= 11 is 0. The third-order valence-electron chi connectivity index (χ3n) is 4.24. The summed E-state index contributed by atoms with van der Waals surface area (Å²) in [7, 11) is 2.95. The molecule has 0 aliphatic carbocycles. The molecule has 3 rings (SSSR count). The van der Waals surface area contributed by atoms with Crippen LogP contribution in [-0.2, 0) is 9.53 Å². The summed E-state index contributed by atoms with van der Waals surface area (Å²) in [4.78, 5) is 24.4. The number of rotatable bonds is 7. The van der Waals surface area contributed by atoms with Gasteiger partial charge in [0, 0.05) is 6.07 Å². The van der Waals surface area contributed by atoms with Crippen molar-refractivity contribution in [2.75, 3.05) is 27.6 Å². The lowest BCUT2D eigenvalue weighted by Gasteiger charge is -2.15. The van der Waals surface area contributed by atoms with Gasteiger partial charge in [-0.25, -0.2) is 4.79 Å². The summed E-state index contributed by atoms with van der Waals surface area (Å²) in [5.41, 5.74) is 1.06. The maximum Gasteiger partial charge on any atom is 0.342 e. The zero-order valence-corrected chi connectivity index (χ0v) is 15.8. The number of hydrogen-bond donors (Lipinski definition) is 1. The molecule has 8 nitrogen and oxygen atoms in total. The van der Waals surface area contributed by atoms with E-state index in [1.54, 1.807) is 18.2 Å². The molecule has 2 aromatic rings. The average Bonchev–Trinajstić information content (AvgIpc) is 3.19. The second-order valence-corrected chi connectivity index (χ2v) is 6.04. The van der Waals surface area contributed by atoms with Crippen LogP contribution in [0.25, 0.3) is 0 Å². The molecule has 0 aromatic heterocycles. The van der Waals surface area contributed by atoms with Crippen LogP contribution in [-0.4, -0.2) is 39.5 Å². The Morgan fingerprint density at radius 2 is 1.86 bits per heavy atom. The lowest BCUT2D eigenvalue weighted by atomic mass is 10.1. The van der Waals surface area contributed by atoms with Crippen molar-refractivity contribution in [2.24, 2.45) is 0 Å². The number of ether oxygens (including phenoxy) is 5. The zero-order valence-electron chi connectivity index (χ0n) is 15.8. The van der Waals surface area contributed by atoms with Crippen LogP contribution in [0.5, 0.6) is 23.0 Å². The number of benzene rings is 2. The summed E-state index contributed by atoms with van der Waals surface area (Å²) in [5, 5.41) is 2.78. The predicted octanol–water partition coefficient (Wildman–Crippen LogP) is 2.47. The first kappa shape index (κ1) is 19.3.